The summed E-state index contributed by atoms with van der Waals surface area (Å²) in [5.74, 6) is 0.236. The Morgan fingerprint density at radius 1 is 0.619 bits per heavy atom. The molecule has 3 heteroatoms. The third-order valence-corrected chi connectivity index (χ3v) is 3.10. The van der Waals surface area contributed by atoms with Gasteiger partial charge in [0, 0.05) is 5.56 Å². The summed E-state index contributed by atoms with van der Waals surface area (Å²) in [6, 6.07) is 24.5. The first-order valence-electron chi connectivity index (χ1n) is 6.68. The smallest absolute Gasteiger partial charge is 0.123 e. The highest BCUT2D eigenvalue weighted by Gasteiger charge is 2.04. The first-order valence-corrected chi connectivity index (χ1v) is 6.68. The van der Waals surface area contributed by atoms with Crippen LogP contribution in [0.4, 0.5) is 11.4 Å². The van der Waals surface area contributed by atoms with Gasteiger partial charge in [-0.1, -0.05) is 48.5 Å². The fourth-order valence-electron chi connectivity index (χ4n) is 2.05. The van der Waals surface area contributed by atoms with Gasteiger partial charge in [0.2, 0.25) is 0 Å². The Morgan fingerprint density at radius 3 is 1.95 bits per heavy atom. The van der Waals surface area contributed by atoms with E-state index < -0.39 is 0 Å². The van der Waals surface area contributed by atoms with E-state index in [1.165, 1.54) is 0 Å². The Labute approximate surface area is 123 Å². The number of benzene rings is 3. The van der Waals surface area contributed by atoms with E-state index in [9.17, 15) is 5.11 Å². The van der Waals surface area contributed by atoms with E-state index in [4.69, 9.17) is 0 Å². The predicted octanol–water partition coefficient (Wildman–Crippen LogP) is 5.47. The van der Waals surface area contributed by atoms with Crippen molar-refractivity contribution in [3.63, 3.8) is 0 Å². The second-order valence-electron chi connectivity index (χ2n) is 4.60. The van der Waals surface area contributed by atoms with Gasteiger partial charge >= 0.3 is 0 Å². The normalized spacial score (nSPS) is 10.9. The average Bonchev–Trinajstić information content (AvgIpc) is 2.56. The molecule has 0 aliphatic rings. The quantitative estimate of drug-likeness (QED) is 0.632. The van der Waals surface area contributed by atoms with Crippen molar-refractivity contribution in [3.05, 3.63) is 78.9 Å². The van der Waals surface area contributed by atoms with Crippen LogP contribution in [-0.2, 0) is 0 Å². The van der Waals surface area contributed by atoms with Crippen molar-refractivity contribution in [2.45, 2.75) is 0 Å². The van der Waals surface area contributed by atoms with Crippen molar-refractivity contribution >= 4 is 11.4 Å². The van der Waals surface area contributed by atoms with Gasteiger partial charge in [-0.25, -0.2) is 0 Å². The molecule has 0 atom stereocenters. The molecular formula is C18H14N2O. The monoisotopic (exact) mass is 274 g/mol. The number of azo groups is 1. The van der Waals surface area contributed by atoms with Crippen molar-refractivity contribution < 1.29 is 5.11 Å². The van der Waals surface area contributed by atoms with Crippen LogP contribution in [0, 0.1) is 0 Å². The Hall–Kier alpha value is -2.94. The number of aromatic hydroxyl groups is 1. The van der Waals surface area contributed by atoms with Gasteiger partial charge in [-0.15, -0.1) is 0 Å². The van der Waals surface area contributed by atoms with Gasteiger partial charge < -0.3 is 5.11 Å². The molecule has 0 aliphatic carbocycles. The van der Waals surface area contributed by atoms with Crippen LogP contribution in [0.1, 0.15) is 0 Å². The topological polar surface area (TPSA) is 45.0 Å². The molecule has 3 aromatic rings. The summed E-state index contributed by atoms with van der Waals surface area (Å²) in [5.41, 5.74) is 3.20. The van der Waals surface area contributed by atoms with E-state index in [0.717, 1.165) is 16.8 Å². The molecular weight excluding hydrogens is 260 g/mol. The summed E-state index contributed by atoms with van der Waals surface area (Å²) < 4.78 is 0. The lowest BCUT2D eigenvalue weighted by Crippen LogP contribution is -1.78. The Balaban J connectivity index is 1.93. The lowest BCUT2D eigenvalue weighted by Gasteiger charge is -2.05. The number of hydrogen-bond acceptors (Lipinski definition) is 3. The average molecular weight is 274 g/mol. The highest BCUT2D eigenvalue weighted by molar-refractivity contribution is 5.73. The largest absolute Gasteiger partial charge is 0.507 e. The van der Waals surface area contributed by atoms with Crippen LogP contribution in [0.25, 0.3) is 11.1 Å². The zero-order chi connectivity index (χ0) is 14.5. The summed E-state index contributed by atoms with van der Waals surface area (Å²) in [7, 11) is 0. The summed E-state index contributed by atoms with van der Waals surface area (Å²) in [4.78, 5) is 0. The Morgan fingerprint density at radius 2 is 1.24 bits per heavy atom. The molecule has 0 saturated carbocycles. The first kappa shape index (κ1) is 13.1. The minimum absolute atomic E-state index is 0.236. The van der Waals surface area contributed by atoms with Crippen molar-refractivity contribution in [1.29, 1.82) is 0 Å². The molecule has 0 heterocycles. The fourth-order valence-corrected chi connectivity index (χ4v) is 2.05. The molecule has 0 aromatic heterocycles. The fraction of sp³-hybridized carbons (Fsp3) is 0. The molecule has 21 heavy (non-hydrogen) atoms. The van der Waals surface area contributed by atoms with Gasteiger partial charge in [-0.05, 0) is 35.9 Å². The van der Waals surface area contributed by atoms with Crippen LogP contribution >= 0.6 is 0 Å². The first-order chi connectivity index (χ1) is 10.3. The zero-order valence-electron chi connectivity index (χ0n) is 11.3. The van der Waals surface area contributed by atoms with E-state index in [2.05, 4.69) is 10.2 Å². The number of hydrogen-bond donors (Lipinski definition) is 1. The third-order valence-electron chi connectivity index (χ3n) is 3.10. The highest BCUT2D eigenvalue weighted by atomic mass is 16.3. The molecule has 0 amide bonds. The summed E-state index contributed by atoms with van der Waals surface area (Å²) in [6.07, 6.45) is 0. The SMILES string of the molecule is Oc1ccc(N=Nc2ccccc2)cc1-c1ccccc1. The van der Waals surface area contributed by atoms with Crippen LogP contribution in [0.3, 0.4) is 0 Å². The van der Waals surface area contributed by atoms with Crippen LogP contribution in [0.15, 0.2) is 89.1 Å². The second-order valence-corrected chi connectivity index (χ2v) is 4.60. The lowest BCUT2D eigenvalue weighted by molar-refractivity contribution is 0.477. The Kier molecular flexibility index (Phi) is 3.74. The maximum absolute atomic E-state index is 10.0. The molecule has 0 spiro atoms. The molecule has 1 N–H and O–H groups in total. The predicted molar refractivity (Wildman–Crippen MR) is 84.2 cm³/mol. The summed E-state index contributed by atoms with van der Waals surface area (Å²) >= 11 is 0. The molecule has 0 saturated heterocycles. The van der Waals surface area contributed by atoms with Crippen LogP contribution in [0.2, 0.25) is 0 Å². The van der Waals surface area contributed by atoms with E-state index >= 15 is 0 Å². The number of phenolic OH excluding ortho intramolecular Hbond substituents is 1. The summed E-state index contributed by atoms with van der Waals surface area (Å²) in [6.45, 7) is 0. The standard InChI is InChI=1S/C18H14N2O/c21-18-12-11-16(20-19-15-9-5-2-6-10-15)13-17(18)14-7-3-1-4-8-14/h1-13,21H. The molecule has 3 nitrogen and oxygen atoms in total. The molecule has 0 aliphatic heterocycles. The Bertz CT molecular complexity index is 753. The van der Waals surface area contributed by atoms with E-state index in [1.54, 1.807) is 12.1 Å². The molecule has 0 radical (unpaired) electrons. The highest BCUT2D eigenvalue weighted by Crippen LogP contribution is 2.33. The third kappa shape index (κ3) is 3.15. The molecule has 0 bridgehead atoms. The van der Waals surface area contributed by atoms with Gasteiger partial charge in [-0.2, -0.15) is 10.2 Å². The van der Waals surface area contributed by atoms with E-state index in [1.807, 2.05) is 66.7 Å². The summed E-state index contributed by atoms with van der Waals surface area (Å²) in [5, 5.41) is 18.4. The van der Waals surface area contributed by atoms with Crippen molar-refractivity contribution in [2.75, 3.05) is 0 Å². The van der Waals surface area contributed by atoms with Gasteiger partial charge in [0.05, 0.1) is 11.4 Å². The van der Waals surface area contributed by atoms with Crippen molar-refractivity contribution in [1.82, 2.24) is 0 Å². The maximum Gasteiger partial charge on any atom is 0.123 e. The van der Waals surface area contributed by atoms with E-state index in [-0.39, 0.29) is 5.75 Å². The van der Waals surface area contributed by atoms with Gasteiger partial charge in [-0.3, -0.25) is 0 Å². The molecule has 3 aromatic carbocycles. The van der Waals surface area contributed by atoms with Crippen LogP contribution < -0.4 is 0 Å². The second kappa shape index (κ2) is 6.01. The number of rotatable bonds is 3. The van der Waals surface area contributed by atoms with Crippen molar-refractivity contribution in [2.24, 2.45) is 10.2 Å². The lowest BCUT2D eigenvalue weighted by atomic mass is 10.0. The molecule has 3 rings (SSSR count). The maximum atomic E-state index is 10.0. The van der Waals surface area contributed by atoms with E-state index in [0.29, 0.717) is 5.69 Å². The molecule has 0 fully saturated rings. The molecule has 0 unspecified atom stereocenters. The minimum Gasteiger partial charge on any atom is -0.507 e. The van der Waals surface area contributed by atoms with Crippen LogP contribution in [-0.4, -0.2) is 5.11 Å². The number of phenols is 1. The number of nitrogens with zero attached hydrogens (tertiary/aromatic N) is 2. The van der Waals surface area contributed by atoms with Gasteiger partial charge in [0.25, 0.3) is 0 Å². The molecule has 102 valence electrons. The zero-order valence-corrected chi connectivity index (χ0v) is 11.3. The van der Waals surface area contributed by atoms with Crippen molar-refractivity contribution in [3.8, 4) is 16.9 Å². The minimum atomic E-state index is 0.236. The van der Waals surface area contributed by atoms with Gasteiger partial charge in [0.1, 0.15) is 5.75 Å². The van der Waals surface area contributed by atoms with Crippen LogP contribution in [0.5, 0.6) is 5.75 Å². The van der Waals surface area contributed by atoms with Gasteiger partial charge in [0.15, 0.2) is 0 Å².